The van der Waals surface area contributed by atoms with E-state index in [0.29, 0.717) is 11.5 Å². The SMILES string of the molecule is CC(OC(=O)c1ccc2nc(N)n(C3=NCCS3)c2c1)c1ccccc1. The van der Waals surface area contributed by atoms with E-state index in [-0.39, 0.29) is 12.1 Å². The van der Waals surface area contributed by atoms with E-state index in [1.165, 1.54) is 0 Å². The number of nitrogens with two attached hydrogens (primary N) is 1. The molecule has 1 unspecified atom stereocenters. The van der Waals surface area contributed by atoms with Gasteiger partial charge in [0.05, 0.1) is 23.1 Å². The van der Waals surface area contributed by atoms with Crippen molar-refractivity contribution in [2.24, 2.45) is 4.99 Å². The number of fused-ring (bicyclic) bond motifs is 1. The molecule has 0 aliphatic carbocycles. The van der Waals surface area contributed by atoms with Crippen LogP contribution in [0.4, 0.5) is 5.95 Å². The Hall–Kier alpha value is -2.80. The molecule has 7 heteroatoms. The summed E-state index contributed by atoms with van der Waals surface area (Å²) in [5.41, 5.74) is 8.96. The average Bonchev–Trinajstić information content (AvgIpc) is 3.28. The third-order valence-electron chi connectivity index (χ3n) is 4.23. The average molecular weight is 366 g/mol. The smallest absolute Gasteiger partial charge is 0.338 e. The van der Waals surface area contributed by atoms with Gasteiger partial charge in [-0.2, -0.15) is 0 Å². The van der Waals surface area contributed by atoms with Crippen molar-refractivity contribution in [3.05, 3.63) is 59.7 Å². The number of benzene rings is 2. The third kappa shape index (κ3) is 3.06. The fourth-order valence-corrected chi connectivity index (χ4v) is 3.77. The standard InChI is InChI=1S/C19H18N4O2S/c1-12(13-5-3-2-4-6-13)25-17(24)14-7-8-15-16(11-14)23(18(20)22-15)19-21-9-10-26-19/h2-8,11-12H,9-10H2,1H3,(H2,20,22). The molecule has 6 nitrogen and oxygen atoms in total. The minimum atomic E-state index is -0.379. The maximum Gasteiger partial charge on any atom is 0.338 e. The molecule has 1 aromatic heterocycles. The minimum Gasteiger partial charge on any atom is -0.454 e. The van der Waals surface area contributed by atoms with Crippen molar-refractivity contribution in [1.29, 1.82) is 0 Å². The molecule has 3 aromatic rings. The van der Waals surface area contributed by atoms with Crippen LogP contribution < -0.4 is 5.73 Å². The van der Waals surface area contributed by atoms with Gasteiger partial charge >= 0.3 is 5.97 Å². The van der Waals surface area contributed by atoms with Crippen LogP contribution in [-0.2, 0) is 4.74 Å². The predicted octanol–water partition coefficient (Wildman–Crippen LogP) is 3.49. The summed E-state index contributed by atoms with van der Waals surface area (Å²) >= 11 is 1.63. The Balaban J connectivity index is 1.64. The zero-order valence-corrected chi connectivity index (χ0v) is 15.1. The number of aromatic nitrogens is 2. The number of ether oxygens (including phenoxy) is 1. The molecular weight excluding hydrogens is 348 g/mol. The topological polar surface area (TPSA) is 82.5 Å². The lowest BCUT2D eigenvalue weighted by Crippen LogP contribution is -2.11. The highest BCUT2D eigenvalue weighted by atomic mass is 32.2. The van der Waals surface area contributed by atoms with Gasteiger partial charge in [0.15, 0.2) is 5.17 Å². The van der Waals surface area contributed by atoms with Gasteiger partial charge in [0.1, 0.15) is 6.10 Å². The van der Waals surface area contributed by atoms with E-state index in [0.717, 1.165) is 34.1 Å². The summed E-state index contributed by atoms with van der Waals surface area (Å²) in [6, 6.07) is 14.9. The van der Waals surface area contributed by atoms with E-state index in [1.54, 1.807) is 34.5 Å². The quantitative estimate of drug-likeness (QED) is 0.718. The number of anilines is 1. The molecule has 26 heavy (non-hydrogen) atoms. The normalized spacial score (nSPS) is 15.0. The van der Waals surface area contributed by atoms with Gasteiger partial charge in [0.2, 0.25) is 5.95 Å². The Morgan fingerprint density at radius 1 is 1.27 bits per heavy atom. The lowest BCUT2D eigenvalue weighted by Gasteiger charge is -2.13. The van der Waals surface area contributed by atoms with Crippen molar-refractivity contribution in [2.75, 3.05) is 18.0 Å². The zero-order chi connectivity index (χ0) is 18.1. The third-order valence-corrected chi connectivity index (χ3v) is 5.19. The van der Waals surface area contributed by atoms with E-state index < -0.39 is 0 Å². The van der Waals surface area contributed by atoms with E-state index in [1.807, 2.05) is 37.3 Å². The van der Waals surface area contributed by atoms with Crippen molar-refractivity contribution < 1.29 is 9.53 Å². The molecule has 0 saturated heterocycles. The second kappa shape index (κ2) is 6.84. The maximum absolute atomic E-state index is 12.6. The number of carbonyl (C=O) groups excluding carboxylic acids is 1. The molecule has 2 aromatic carbocycles. The van der Waals surface area contributed by atoms with E-state index in [4.69, 9.17) is 10.5 Å². The molecular formula is C19H18N4O2S. The van der Waals surface area contributed by atoms with Crippen LogP contribution in [0.25, 0.3) is 11.0 Å². The Bertz CT molecular complexity index is 997. The summed E-state index contributed by atoms with van der Waals surface area (Å²) in [6.45, 7) is 2.62. The van der Waals surface area contributed by atoms with Crippen molar-refractivity contribution in [1.82, 2.24) is 9.55 Å². The van der Waals surface area contributed by atoms with Crippen molar-refractivity contribution in [3.63, 3.8) is 0 Å². The van der Waals surface area contributed by atoms with Crippen LogP contribution in [0.15, 0.2) is 53.5 Å². The largest absolute Gasteiger partial charge is 0.454 e. The number of nitrogens with zero attached hydrogens (tertiary/aromatic N) is 3. The van der Waals surface area contributed by atoms with Crippen molar-refractivity contribution in [3.8, 4) is 0 Å². The number of aliphatic imine (C=N–C) groups is 1. The van der Waals surface area contributed by atoms with Crippen LogP contribution in [0.1, 0.15) is 28.9 Å². The highest BCUT2D eigenvalue weighted by molar-refractivity contribution is 8.14. The number of thioether (sulfide) groups is 1. The highest BCUT2D eigenvalue weighted by Crippen LogP contribution is 2.26. The first-order valence-electron chi connectivity index (χ1n) is 8.35. The molecule has 0 fully saturated rings. The van der Waals surface area contributed by atoms with Crippen LogP contribution in [-0.4, -0.2) is 33.0 Å². The molecule has 1 aliphatic rings. The Morgan fingerprint density at radius 3 is 2.81 bits per heavy atom. The summed E-state index contributed by atoms with van der Waals surface area (Å²) in [5.74, 6) is 0.914. The summed E-state index contributed by atoms with van der Waals surface area (Å²) in [4.78, 5) is 21.4. The molecule has 0 radical (unpaired) electrons. The summed E-state index contributed by atoms with van der Waals surface area (Å²) < 4.78 is 7.40. The van der Waals surface area contributed by atoms with Crippen molar-refractivity contribution in [2.45, 2.75) is 13.0 Å². The van der Waals surface area contributed by atoms with E-state index in [2.05, 4.69) is 9.98 Å². The maximum atomic E-state index is 12.6. The van der Waals surface area contributed by atoms with Crippen LogP contribution in [0.2, 0.25) is 0 Å². The number of hydrogen-bond acceptors (Lipinski definition) is 6. The predicted molar refractivity (Wildman–Crippen MR) is 105 cm³/mol. The molecule has 2 heterocycles. The number of hydrogen-bond donors (Lipinski definition) is 1. The van der Waals surface area contributed by atoms with E-state index >= 15 is 0 Å². The monoisotopic (exact) mass is 366 g/mol. The molecule has 1 aliphatic heterocycles. The summed E-state index contributed by atoms with van der Waals surface area (Å²) in [7, 11) is 0. The fraction of sp³-hybridized carbons (Fsp3) is 0.211. The molecule has 0 saturated carbocycles. The molecule has 0 amide bonds. The molecule has 2 N–H and O–H groups in total. The van der Waals surface area contributed by atoms with Gasteiger partial charge in [0, 0.05) is 5.75 Å². The van der Waals surface area contributed by atoms with Gasteiger partial charge in [-0.05, 0) is 30.7 Å². The Kier molecular flexibility index (Phi) is 4.38. The first kappa shape index (κ1) is 16.7. The lowest BCUT2D eigenvalue weighted by molar-refractivity contribution is 0.0338. The van der Waals surface area contributed by atoms with Crippen LogP contribution in [0, 0.1) is 0 Å². The minimum absolute atomic E-state index is 0.330. The summed E-state index contributed by atoms with van der Waals surface area (Å²) in [5, 5.41) is 0.813. The first-order valence-corrected chi connectivity index (χ1v) is 9.33. The van der Waals surface area contributed by atoms with Crippen LogP contribution >= 0.6 is 11.8 Å². The summed E-state index contributed by atoms with van der Waals surface area (Å²) in [6.07, 6.45) is -0.330. The Labute approximate surface area is 155 Å². The van der Waals surface area contributed by atoms with Crippen molar-refractivity contribution >= 4 is 39.9 Å². The van der Waals surface area contributed by atoms with Gasteiger partial charge in [0.25, 0.3) is 0 Å². The second-order valence-electron chi connectivity index (χ2n) is 5.98. The number of nitrogen functional groups attached to an aromatic ring is 1. The number of rotatable bonds is 3. The highest BCUT2D eigenvalue weighted by Gasteiger charge is 2.19. The number of carbonyl (C=O) groups is 1. The molecule has 4 rings (SSSR count). The zero-order valence-electron chi connectivity index (χ0n) is 14.3. The van der Waals surface area contributed by atoms with E-state index in [9.17, 15) is 4.79 Å². The number of esters is 1. The van der Waals surface area contributed by atoms with Crippen LogP contribution in [0.5, 0.6) is 0 Å². The van der Waals surface area contributed by atoms with Gasteiger partial charge in [-0.1, -0.05) is 42.1 Å². The molecule has 0 bridgehead atoms. The molecule has 0 spiro atoms. The van der Waals surface area contributed by atoms with Gasteiger partial charge in [-0.25, -0.2) is 9.78 Å². The van der Waals surface area contributed by atoms with Gasteiger partial charge < -0.3 is 10.5 Å². The fourth-order valence-electron chi connectivity index (χ4n) is 2.90. The van der Waals surface area contributed by atoms with Gasteiger partial charge in [-0.3, -0.25) is 9.56 Å². The Morgan fingerprint density at radius 2 is 2.08 bits per heavy atom. The molecule has 132 valence electrons. The van der Waals surface area contributed by atoms with Crippen LogP contribution in [0.3, 0.4) is 0 Å². The first-order chi connectivity index (χ1) is 12.6. The molecule has 1 atom stereocenters. The van der Waals surface area contributed by atoms with Gasteiger partial charge in [-0.15, -0.1) is 0 Å². The lowest BCUT2D eigenvalue weighted by atomic mass is 10.1. The second-order valence-corrected chi connectivity index (χ2v) is 7.04. The number of imidazole rings is 1.